The van der Waals surface area contributed by atoms with Crippen LogP contribution in [0, 0.1) is 5.82 Å². The van der Waals surface area contributed by atoms with Crippen molar-refractivity contribution in [3.05, 3.63) is 72.3 Å². The number of carbonyl (C=O) groups excluding carboxylic acids is 1. The summed E-state index contributed by atoms with van der Waals surface area (Å²) in [6, 6.07) is 16.4. The summed E-state index contributed by atoms with van der Waals surface area (Å²) in [7, 11) is 0. The zero-order chi connectivity index (χ0) is 22.3. The highest BCUT2D eigenvalue weighted by Gasteiger charge is 2.19. The van der Waals surface area contributed by atoms with Gasteiger partial charge in [0.1, 0.15) is 23.0 Å². The minimum Gasteiger partial charge on any atom is -0.368 e. The fraction of sp³-hybridized carbons (Fsp3) is 0.292. The molecule has 0 radical (unpaired) electrons. The summed E-state index contributed by atoms with van der Waals surface area (Å²) >= 11 is 1.40. The summed E-state index contributed by atoms with van der Waals surface area (Å²) in [5.74, 6) is 0.857. The highest BCUT2D eigenvalue weighted by Crippen LogP contribution is 2.23. The Morgan fingerprint density at radius 3 is 2.38 bits per heavy atom. The van der Waals surface area contributed by atoms with E-state index in [2.05, 4.69) is 32.0 Å². The molecule has 4 rings (SSSR count). The number of halogens is 1. The molecule has 3 aromatic rings. The SMILES string of the molecule is CCc1ccc(NC(=O)CSc2cc(N3CCN(c4ccc(F)cc4)CC3)ncn2)cc1. The van der Waals surface area contributed by atoms with Crippen LogP contribution in [-0.2, 0) is 11.2 Å². The van der Waals surface area contributed by atoms with Crippen LogP contribution < -0.4 is 15.1 Å². The molecule has 0 unspecified atom stereocenters. The van der Waals surface area contributed by atoms with Gasteiger partial charge in [-0.25, -0.2) is 14.4 Å². The van der Waals surface area contributed by atoms with E-state index in [0.717, 1.165) is 54.8 Å². The Bertz CT molecular complexity index is 1040. The molecule has 1 fully saturated rings. The lowest BCUT2D eigenvalue weighted by Crippen LogP contribution is -2.46. The third-order valence-corrected chi connectivity index (χ3v) is 6.35. The predicted molar refractivity (Wildman–Crippen MR) is 128 cm³/mol. The fourth-order valence-electron chi connectivity index (χ4n) is 3.59. The van der Waals surface area contributed by atoms with E-state index in [1.807, 2.05) is 42.5 Å². The van der Waals surface area contributed by atoms with Crippen LogP contribution in [0.25, 0.3) is 0 Å². The molecule has 1 N–H and O–H groups in total. The Morgan fingerprint density at radius 1 is 1.00 bits per heavy atom. The number of hydrogen-bond donors (Lipinski definition) is 1. The highest BCUT2D eigenvalue weighted by atomic mass is 32.2. The van der Waals surface area contributed by atoms with Gasteiger partial charge in [-0.2, -0.15) is 0 Å². The number of aromatic nitrogens is 2. The minimum atomic E-state index is -0.221. The van der Waals surface area contributed by atoms with Crippen LogP contribution >= 0.6 is 11.8 Å². The van der Waals surface area contributed by atoms with Crippen molar-refractivity contribution >= 4 is 34.9 Å². The Labute approximate surface area is 191 Å². The molecule has 0 atom stereocenters. The molecule has 0 spiro atoms. The van der Waals surface area contributed by atoms with Gasteiger partial charge >= 0.3 is 0 Å². The summed E-state index contributed by atoms with van der Waals surface area (Å²) in [6.07, 6.45) is 2.52. The summed E-state index contributed by atoms with van der Waals surface area (Å²) < 4.78 is 13.2. The minimum absolute atomic E-state index is 0.0627. The number of benzene rings is 2. The van der Waals surface area contributed by atoms with Crippen LogP contribution in [0.1, 0.15) is 12.5 Å². The van der Waals surface area contributed by atoms with E-state index in [0.29, 0.717) is 0 Å². The molecule has 2 aromatic carbocycles. The normalized spacial score (nSPS) is 13.8. The van der Waals surface area contributed by atoms with Gasteiger partial charge in [0, 0.05) is 43.6 Å². The first kappa shape index (κ1) is 22.1. The van der Waals surface area contributed by atoms with Crippen LogP contribution in [0.5, 0.6) is 0 Å². The van der Waals surface area contributed by atoms with Crippen LogP contribution in [0.4, 0.5) is 21.6 Å². The topological polar surface area (TPSA) is 61.4 Å². The molecule has 1 saturated heterocycles. The molecule has 0 saturated carbocycles. The van der Waals surface area contributed by atoms with Gasteiger partial charge in [0.25, 0.3) is 0 Å². The average molecular weight is 452 g/mol. The van der Waals surface area contributed by atoms with Crippen molar-refractivity contribution in [3.63, 3.8) is 0 Å². The second-order valence-electron chi connectivity index (χ2n) is 7.55. The van der Waals surface area contributed by atoms with E-state index < -0.39 is 0 Å². The standard InChI is InChI=1S/C24H26FN5OS/c1-2-18-3-7-20(8-4-18)28-23(31)16-32-24-15-22(26-17-27-24)30-13-11-29(12-14-30)21-9-5-19(25)6-10-21/h3-10,15,17H,2,11-14,16H2,1H3,(H,28,31). The van der Waals surface area contributed by atoms with Crippen molar-refractivity contribution in [2.24, 2.45) is 0 Å². The van der Waals surface area contributed by atoms with Gasteiger partial charge in [0.15, 0.2) is 0 Å². The van der Waals surface area contributed by atoms with Gasteiger partial charge in [-0.05, 0) is 48.4 Å². The first-order valence-corrected chi connectivity index (χ1v) is 11.7. The zero-order valence-electron chi connectivity index (χ0n) is 18.0. The molecular formula is C24H26FN5OS. The van der Waals surface area contributed by atoms with E-state index in [1.54, 1.807) is 6.33 Å². The molecule has 1 aliphatic heterocycles. The molecule has 166 valence electrons. The van der Waals surface area contributed by atoms with Crippen molar-refractivity contribution in [1.29, 1.82) is 0 Å². The average Bonchev–Trinajstić information content (AvgIpc) is 2.84. The molecule has 0 aliphatic carbocycles. The van der Waals surface area contributed by atoms with Crippen LogP contribution in [0.3, 0.4) is 0 Å². The molecule has 0 bridgehead atoms. The van der Waals surface area contributed by atoms with Gasteiger partial charge < -0.3 is 15.1 Å². The quantitative estimate of drug-likeness (QED) is 0.428. The number of aryl methyl sites for hydroxylation is 1. The lowest BCUT2D eigenvalue weighted by molar-refractivity contribution is -0.113. The summed E-state index contributed by atoms with van der Waals surface area (Å²) in [4.78, 5) is 25.5. The van der Waals surface area contributed by atoms with E-state index in [4.69, 9.17) is 0 Å². The lowest BCUT2D eigenvalue weighted by atomic mass is 10.1. The molecule has 1 aromatic heterocycles. The number of rotatable bonds is 7. The molecule has 8 heteroatoms. The maximum atomic E-state index is 13.2. The molecule has 1 aliphatic rings. The lowest BCUT2D eigenvalue weighted by Gasteiger charge is -2.36. The molecule has 1 amide bonds. The summed E-state index contributed by atoms with van der Waals surface area (Å²) in [5.41, 5.74) is 3.07. The second-order valence-corrected chi connectivity index (χ2v) is 8.55. The van der Waals surface area contributed by atoms with Crippen LogP contribution in [0.2, 0.25) is 0 Å². The van der Waals surface area contributed by atoms with Crippen molar-refractivity contribution in [3.8, 4) is 0 Å². The predicted octanol–water partition coefficient (Wildman–Crippen LogP) is 4.24. The molecule has 2 heterocycles. The maximum absolute atomic E-state index is 13.2. The molecular weight excluding hydrogens is 425 g/mol. The van der Waals surface area contributed by atoms with Crippen molar-refractivity contribution in [2.45, 2.75) is 18.4 Å². The van der Waals surface area contributed by atoms with Crippen molar-refractivity contribution in [2.75, 3.05) is 47.0 Å². The number of piperazine rings is 1. The molecule has 32 heavy (non-hydrogen) atoms. The summed E-state index contributed by atoms with van der Waals surface area (Å²) in [5, 5.41) is 3.69. The van der Waals surface area contributed by atoms with Crippen molar-refractivity contribution in [1.82, 2.24) is 9.97 Å². The third kappa shape index (κ3) is 5.76. The first-order chi connectivity index (χ1) is 15.6. The van der Waals surface area contributed by atoms with Crippen LogP contribution in [-0.4, -0.2) is 47.8 Å². The first-order valence-electron chi connectivity index (χ1n) is 10.7. The largest absolute Gasteiger partial charge is 0.368 e. The van der Waals surface area contributed by atoms with E-state index in [1.165, 1.54) is 29.5 Å². The molecule has 6 nitrogen and oxygen atoms in total. The van der Waals surface area contributed by atoms with E-state index in [9.17, 15) is 9.18 Å². The van der Waals surface area contributed by atoms with Gasteiger partial charge in [0.2, 0.25) is 5.91 Å². The number of thioether (sulfide) groups is 1. The Balaban J connectivity index is 1.28. The monoisotopic (exact) mass is 451 g/mol. The summed E-state index contributed by atoms with van der Waals surface area (Å²) in [6.45, 7) is 5.39. The Morgan fingerprint density at radius 2 is 1.69 bits per heavy atom. The van der Waals surface area contributed by atoms with Gasteiger partial charge in [-0.1, -0.05) is 30.8 Å². The van der Waals surface area contributed by atoms with Crippen LogP contribution in [0.15, 0.2) is 66.0 Å². The van der Waals surface area contributed by atoms with Gasteiger partial charge in [-0.15, -0.1) is 0 Å². The third-order valence-electron chi connectivity index (χ3n) is 5.42. The number of anilines is 3. The number of nitrogens with one attached hydrogen (secondary N) is 1. The number of amides is 1. The maximum Gasteiger partial charge on any atom is 0.234 e. The highest BCUT2D eigenvalue weighted by molar-refractivity contribution is 7.99. The Kier molecular flexibility index (Phi) is 7.21. The number of nitrogens with zero attached hydrogens (tertiary/aromatic N) is 4. The van der Waals surface area contributed by atoms with E-state index in [-0.39, 0.29) is 17.5 Å². The number of carbonyl (C=O) groups is 1. The zero-order valence-corrected chi connectivity index (χ0v) is 18.8. The van der Waals surface area contributed by atoms with E-state index >= 15 is 0 Å². The van der Waals surface area contributed by atoms with Gasteiger partial charge in [0.05, 0.1) is 5.75 Å². The fourth-order valence-corrected chi connectivity index (χ4v) is 4.25. The van der Waals surface area contributed by atoms with Crippen molar-refractivity contribution < 1.29 is 9.18 Å². The number of hydrogen-bond acceptors (Lipinski definition) is 6. The Hall–Kier alpha value is -3.13. The van der Waals surface area contributed by atoms with Gasteiger partial charge in [-0.3, -0.25) is 4.79 Å². The second kappa shape index (κ2) is 10.5. The smallest absolute Gasteiger partial charge is 0.234 e.